The molecule has 4 heteroatoms. The van der Waals surface area contributed by atoms with Crippen molar-refractivity contribution in [2.75, 3.05) is 7.11 Å². The minimum Gasteiger partial charge on any atom is -0.468 e. The van der Waals surface area contributed by atoms with Gasteiger partial charge in [-0.15, -0.1) is 11.6 Å². The van der Waals surface area contributed by atoms with Gasteiger partial charge in [0.15, 0.2) is 0 Å². The molecule has 0 aliphatic rings. The Bertz CT molecular complexity index is 183. The molecule has 2 atom stereocenters. The van der Waals surface area contributed by atoms with Crippen molar-refractivity contribution in [2.45, 2.75) is 49.2 Å². The molecule has 0 aromatic rings. The monoisotopic (exact) mass is 284 g/mol. The highest BCUT2D eigenvalue weighted by atomic mass is 79.9. The normalized spacial score (nSPS) is 17.2. The summed E-state index contributed by atoms with van der Waals surface area (Å²) in [5.74, 6) is -0.361. The van der Waals surface area contributed by atoms with E-state index in [1.807, 2.05) is 0 Å². The first-order valence-electron chi connectivity index (χ1n) is 4.85. The molecule has 84 valence electrons. The van der Waals surface area contributed by atoms with Crippen LogP contribution in [0.5, 0.6) is 0 Å². The van der Waals surface area contributed by atoms with Gasteiger partial charge in [-0.05, 0) is 19.8 Å². The van der Waals surface area contributed by atoms with Gasteiger partial charge in [0, 0.05) is 4.83 Å². The Morgan fingerprint density at radius 2 is 2.21 bits per heavy atom. The second kappa shape index (κ2) is 6.67. The maximum atomic E-state index is 11.3. The molecular weight excluding hydrogens is 267 g/mol. The van der Waals surface area contributed by atoms with Crippen LogP contribution in [0.4, 0.5) is 0 Å². The number of ether oxygens (including phenoxy) is 1. The van der Waals surface area contributed by atoms with Crippen LogP contribution >= 0.6 is 27.5 Å². The van der Waals surface area contributed by atoms with Gasteiger partial charge in [-0.3, -0.25) is 4.79 Å². The quantitative estimate of drug-likeness (QED) is 0.551. The molecule has 14 heavy (non-hydrogen) atoms. The number of rotatable bonds is 6. The van der Waals surface area contributed by atoms with Gasteiger partial charge in [0.25, 0.3) is 0 Å². The number of carbonyl (C=O) groups excluding carboxylic acids is 1. The molecule has 0 radical (unpaired) electrons. The zero-order chi connectivity index (χ0) is 11.2. The van der Waals surface area contributed by atoms with Crippen molar-refractivity contribution in [1.82, 2.24) is 0 Å². The average Bonchev–Trinajstić information content (AvgIpc) is 2.12. The van der Waals surface area contributed by atoms with Crippen LogP contribution in [-0.4, -0.2) is 22.8 Å². The molecule has 0 fully saturated rings. The summed E-state index contributed by atoms with van der Waals surface area (Å²) in [7, 11) is 1.36. The fraction of sp³-hybridized carbons (Fsp3) is 0.900. The lowest BCUT2D eigenvalue weighted by atomic mass is 10.0. The highest BCUT2D eigenvalue weighted by Gasteiger charge is 2.33. The molecule has 0 bridgehead atoms. The third kappa shape index (κ3) is 5.20. The van der Waals surface area contributed by atoms with E-state index in [0.717, 1.165) is 19.3 Å². The molecule has 0 N–H and O–H groups in total. The van der Waals surface area contributed by atoms with Crippen LogP contribution in [0.3, 0.4) is 0 Å². The van der Waals surface area contributed by atoms with Gasteiger partial charge < -0.3 is 4.74 Å². The second-order valence-electron chi connectivity index (χ2n) is 3.63. The van der Waals surface area contributed by atoms with Gasteiger partial charge in [0.2, 0.25) is 0 Å². The van der Waals surface area contributed by atoms with E-state index < -0.39 is 4.87 Å². The van der Waals surface area contributed by atoms with E-state index in [2.05, 4.69) is 27.6 Å². The molecule has 0 rings (SSSR count). The Hall–Kier alpha value is 0.240. The molecule has 0 aliphatic carbocycles. The smallest absolute Gasteiger partial charge is 0.326 e. The molecule has 0 aromatic heterocycles. The summed E-state index contributed by atoms with van der Waals surface area (Å²) >= 11 is 9.58. The molecule has 0 aromatic carbocycles. The molecule has 0 aliphatic heterocycles. The van der Waals surface area contributed by atoms with E-state index >= 15 is 0 Å². The van der Waals surface area contributed by atoms with Crippen LogP contribution in [0.15, 0.2) is 0 Å². The Kier molecular flexibility index (Phi) is 6.79. The fourth-order valence-electron chi connectivity index (χ4n) is 1.24. The SMILES string of the molecule is CCCCC(Br)CC(C)(Cl)C(=O)OC. The molecule has 0 spiro atoms. The molecule has 2 unspecified atom stereocenters. The van der Waals surface area contributed by atoms with E-state index in [1.165, 1.54) is 7.11 Å². The zero-order valence-electron chi connectivity index (χ0n) is 8.98. The van der Waals surface area contributed by atoms with Gasteiger partial charge >= 0.3 is 5.97 Å². The Balaban J connectivity index is 4.01. The molecule has 0 saturated heterocycles. The van der Waals surface area contributed by atoms with Crippen molar-refractivity contribution in [3.8, 4) is 0 Å². The Morgan fingerprint density at radius 1 is 1.64 bits per heavy atom. The van der Waals surface area contributed by atoms with Gasteiger partial charge in [0.05, 0.1) is 7.11 Å². The van der Waals surface area contributed by atoms with Gasteiger partial charge in [-0.25, -0.2) is 0 Å². The Morgan fingerprint density at radius 3 is 2.64 bits per heavy atom. The van der Waals surface area contributed by atoms with Crippen LogP contribution < -0.4 is 0 Å². The summed E-state index contributed by atoms with van der Waals surface area (Å²) in [5.41, 5.74) is 0. The molecular formula is C10H18BrClO2. The third-order valence-corrected chi connectivity index (χ3v) is 3.18. The zero-order valence-corrected chi connectivity index (χ0v) is 11.3. The largest absolute Gasteiger partial charge is 0.468 e. The number of alkyl halides is 2. The highest BCUT2D eigenvalue weighted by Crippen LogP contribution is 2.28. The molecule has 0 saturated carbocycles. The van der Waals surface area contributed by atoms with E-state index in [4.69, 9.17) is 11.6 Å². The van der Waals surface area contributed by atoms with E-state index in [9.17, 15) is 4.79 Å². The van der Waals surface area contributed by atoms with Crippen molar-refractivity contribution in [2.24, 2.45) is 0 Å². The first kappa shape index (κ1) is 14.2. The molecule has 0 heterocycles. The van der Waals surface area contributed by atoms with Crippen molar-refractivity contribution < 1.29 is 9.53 Å². The maximum Gasteiger partial charge on any atom is 0.326 e. The van der Waals surface area contributed by atoms with Crippen molar-refractivity contribution >= 4 is 33.5 Å². The number of carbonyl (C=O) groups is 1. The minimum atomic E-state index is -0.906. The average molecular weight is 286 g/mol. The summed E-state index contributed by atoms with van der Waals surface area (Å²) in [6.45, 7) is 3.83. The number of hydrogen-bond acceptors (Lipinski definition) is 2. The lowest BCUT2D eigenvalue weighted by molar-refractivity contribution is -0.143. The van der Waals surface area contributed by atoms with Crippen molar-refractivity contribution in [3.05, 3.63) is 0 Å². The third-order valence-electron chi connectivity index (χ3n) is 2.09. The first-order valence-corrected chi connectivity index (χ1v) is 6.14. The number of methoxy groups -OCH3 is 1. The van der Waals surface area contributed by atoms with Crippen molar-refractivity contribution in [3.63, 3.8) is 0 Å². The predicted molar refractivity (Wildman–Crippen MR) is 63.1 cm³/mol. The van der Waals surface area contributed by atoms with E-state index in [1.54, 1.807) is 6.92 Å². The summed E-state index contributed by atoms with van der Waals surface area (Å²) in [4.78, 5) is 10.6. The maximum absolute atomic E-state index is 11.3. The summed E-state index contributed by atoms with van der Waals surface area (Å²) in [6, 6.07) is 0. The number of halogens is 2. The summed E-state index contributed by atoms with van der Waals surface area (Å²) < 4.78 is 4.63. The standard InChI is InChI=1S/C10H18BrClO2/c1-4-5-6-8(11)7-10(2,12)9(13)14-3/h8H,4-7H2,1-3H3. The van der Waals surface area contributed by atoms with E-state index in [0.29, 0.717) is 6.42 Å². The van der Waals surface area contributed by atoms with E-state index in [-0.39, 0.29) is 10.8 Å². The molecule has 0 amide bonds. The van der Waals surface area contributed by atoms with Gasteiger partial charge in [-0.2, -0.15) is 0 Å². The first-order chi connectivity index (χ1) is 6.44. The summed E-state index contributed by atoms with van der Waals surface area (Å²) in [6.07, 6.45) is 3.93. The van der Waals surface area contributed by atoms with Crippen LogP contribution in [0.1, 0.15) is 39.5 Å². The lowest BCUT2D eigenvalue weighted by Gasteiger charge is -2.21. The Labute approximate surface area is 99.5 Å². The van der Waals surface area contributed by atoms with Crippen LogP contribution in [0.25, 0.3) is 0 Å². The van der Waals surface area contributed by atoms with Gasteiger partial charge in [0.1, 0.15) is 4.87 Å². The van der Waals surface area contributed by atoms with Crippen molar-refractivity contribution in [1.29, 1.82) is 0 Å². The fourth-order valence-corrected chi connectivity index (χ4v) is 2.66. The second-order valence-corrected chi connectivity index (χ2v) is 5.76. The number of hydrogen-bond donors (Lipinski definition) is 0. The minimum absolute atomic E-state index is 0.282. The van der Waals surface area contributed by atoms with Crippen LogP contribution in [-0.2, 0) is 9.53 Å². The highest BCUT2D eigenvalue weighted by molar-refractivity contribution is 9.09. The molecule has 2 nitrogen and oxygen atoms in total. The number of unbranched alkanes of at least 4 members (excludes halogenated alkanes) is 1. The van der Waals surface area contributed by atoms with Crippen LogP contribution in [0, 0.1) is 0 Å². The van der Waals surface area contributed by atoms with Gasteiger partial charge in [-0.1, -0.05) is 35.7 Å². The number of esters is 1. The van der Waals surface area contributed by atoms with Crippen LogP contribution in [0.2, 0.25) is 0 Å². The topological polar surface area (TPSA) is 26.3 Å². The predicted octanol–water partition coefficient (Wildman–Crippen LogP) is 3.50. The lowest BCUT2D eigenvalue weighted by Crippen LogP contribution is -2.32. The summed E-state index contributed by atoms with van der Waals surface area (Å²) in [5, 5.41) is 0.